The molecule has 0 saturated carbocycles. The maximum Gasteiger partial charge on any atom is 0.435 e. The van der Waals surface area contributed by atoms with Gasteiger partial charge in [-0.05, 0) is 31.7 Å². The number of aromatic amines is 1. The number of hydrogen-bond donors (Lipinski definition) is 1. The molecule has 4 rings (SSSR count). The monoisotopic (exact) mass is 353 g/mol. The number of alkyl halides is 3. The highest BCUT2D eigenvalue weighted by molar-refractivity contribution is 5.95. The van der Waals surface area contributed by atoms with Crippen molar-refractivity contribution in [2.24, 2.45) is 0 Å². The van der Waals surface area contributed by atoms with Gasteiger partial charge in [-0.1, -0.05) is 0 Å². The normalized spacial score (nSPS) is 20.8. The third kappa shape index (κ3) is 2.91. The Morgan fingerprint density at radius 2 is 2.12 bits per heavy atom. The molecule has 25 heavy (non-hydrogen) atoms. The summed E-state index contributed by atoms with van der Waals surface area (Å²) in [7, 11) is 0. The van der Waals surface area contributed by atoms with Crippen LogP contribution in [0.1, 0.15) is 52.6 Å². The molecule has 2 aliphatic heterocycles. The van der Waals surface area contributed by atoms with E-state index in [0.717, 1.165) is 44.0 Å². The Bertz CT molecular complexity index is 794. The molecular weight excluding hydrogens is 335 g/mol. The van der Waals surface area contributed by atoms with Crippen molar-refractivity contribution in [3.63, 3.8) is 0 Å². The first kappa shape index (κ1) is 16.2. The highest BCUT2D eigenvalue weighted by Gasteiger charge is 2.36. The zero-order chi connectivity index (χ0) is 17.6. The van der Waals surface area contributed by atoms with Crippen LogP contribution >= 0.6 is 0 Å². The Morgan fingerprint density at radius 1 is 1.28 bits per heavy atom. The van der Waals surface area contributed by atoms with Crippen molar-refractivity contribution in [1.82, 2.24) is 24.9 Å². The van der Waals surface area contributed by atoms with Crippen LogP contribution < -0.4 is 0 Å². The Morgan fingerprint density at radius 3 is 2.88 bits per heavy atom. The van der Waals surface area contributed by atoms with Gasteiger partial charge in [0.05, 0.1) is 17.5 Å². The molecule has 9 heteroatoms. The van der Waals surface area contributed by atoms with Crippen molar-refractivity contribution in [2.45, 2.75) is 44.3 Å². The van der Waals surface area contributed by atoms with Crippen LogP contribution in [0.3, 0.4) is 0 Å². The molecular formula is C16H18F3N5O. The minimum absolute atomic E-state index is 0.0802. The van der Waals surface area contributed by atoms with Gasteiger partial charge in [-0.25, -0.2) is 0 Å². The Hall–Kier alpha value is -2.32. The third-order valence-electron chi connectivity index (χ3n) is 5.00. The van der Waals surface area contributed by atoms with Crippen LogP contribution in [0, 0.1) is 0 Å². The summed E-state index contributed by atoms with van der Waals surface area (Å²) < 4.78 is 40.1. The van der Waals surface area contributed by atoms with Crippen LogP contribution in [-0.2, 0) is 19.1 Å². The number of amides is 1. The van der Waals surface area contributed by atoms with Crippen molar-refractivity contribution in [3.05, 3.63) is 34.9 Å². The van der Waals surface area contributed by atoms with Crippen molar-refractivity contribution >= 4 is 5.91 Å². The van der Waals surface area contributed by atoms with Crippen LogP contribution in [0.2, 0.25) is 0 Å². The number of carbonyl (C=O) groups excluding carboxylic acids is 1. The molecule has 0 aromatic carbocycles. The Labute approximate surface area is 142 Å². The predicted octanol–water partition coefficient (Wildman–Crippen LogP) is 2.59. The number of halogens is 3. The first-order chi connectivity index (χ1) is 11.9. The number of nitrogens with one attached hydrogen (secondary N) is 1. The molecule has 2 aromatic heterocycles. The van der Waals surface area contributed by atoms with Gasteiger partial charge >= 0.3 is 6.18 Å². The van der Waals surface area contributed by atoms with E-state index >= 15 is 0 Å². The maximum atomic E-state index is 12.8. The highest BCUT2D eigenvalue weighted by atomic mass is 19.4. The first-order valence-electron chi connectivity index (χ1n) is 8.40. The van der Waals surface area contributed by atoms with E-state index < -0.39 is 11.9 Å². The molecule has 1 amide bonds. The van der Waals surface area contributed by atoms with Gasteiger partial charge in [0.25, 0.3) is 5.91 Å². The van der Waals surface area contributed by atoms with Gasteiger partial charge in [-0.15, -0.1) is 0 Å². The van der Waals surface area contributed by atoms with Crippen LogP contribution in [0.5, 0.6) is 0 Å². The first-order valence-corrected chi connectivity index (χ1v) is 8.40. The molecule has 0 bridgehead atoms. The third-order valence-corrected chi connectivity index (χ3v) is 5.00. The summed E-state index contributed by atoms with van der Waals surface area (Å²) in [5.41, 5.74) is 1.11. The van der Waals surface area contributed by atoms with Crippen LogP contribution in [-0.4, -0.2) is 43.9 Å². The number of carbonyl (C=O) groups is 1. The van der Waals surface area contributed by atoms with Crippen LogP contribution in [0.4, 0.5) is 13.2 Å². The summed E-state index contributed by atoms with van der Waals surface area (Å²) >= 11 is 0. The molecule has 1 fully saturated rings. The molecule has 0 aliphatic carbocycles. The van der Waals surface area contributed by atoms with Gasteiger partial charge in [-0.2, -0.15) is 23.4 Å². The van der Waals surface area contributed by atoms with E-state index in [0.29, 0.717) is 24.3 Å². The number of rotatable bonds is 2. The molecule has 0 radical (unpaired) electrons. The van der Waals surface area contributed by atoms with E-state index in [1.54, 1.807) is 11.1 Å². The number of hydrogen-bond acceptors (Lipinski definition) is 3. The summed E-state index contributed by atoms with van der Waals surface area (Å²) in [5, 5.41) is 10.1. The van der Waals surface area contributed by atoms with E-state index in [4.69, 9.17) is 0 Å². The lowest BCUT2D eigenvalue weighted by Crippen LogP contribution is -2.39. The second-order valence-corrected chi connectivity index (χ2v) is 6.63. The van der Waals surface area contributed by atoms with E-state index in [9.17, 15) is 18.0 Å². The fraction of sp³-hybridized carbons (Fsp3) is 0.562. The smallest absolute Gasteiger partial charge is 0.338 e. The van der Waals surface area contributed by atoms with E-state index in [1.165, 1.54) is 0 Å². The van der Waals surface area contributed by atoms with Crippen molar-refractivity contribution < 1.29 is 18.0 Å². The van der Waals surface area contributed by atoms with Gasteiger partial charge in [0.15, 0.2) is 5.69 Å². The Kier molecular flexibility index (Phi) is 3.81. The second kappa shape index (κ2) is 5.89. The van der Waals surface area contributed by atoms with E-state index in [2.05, 4.69) is 15.3 Å². The average molecular weight is 353 g/mol. The minimum atomic E-state index is -4.46. The lowest BCUT2D eigenvalue weighted by atomic mass is 9.94. The number of aromatic nitrogens is 4. The fourth-order valence-electron chi connectivity index (χ4n) is 3.72. The largest absolute Gasteiger partial charge is 0.435 e. The van der Waals surface area contributed by atoms with Gasteiger partial charge < -0.3 is 4.90 Å². The molecule has 4 heterocycles. The topological polar surface area (TPSA) is 66.8 Å². The number of likely N-dealkylation sites (tertiary alicyclic amines) is 1. The second-order valence-electron chi connectivity index (χ2n) is 6.63. The zero-order valence-corrected chi connectivity index (χ0v) is 13.5. The molecule has 1 unspecified atom stereocenters. The summed E-state index contributed by atoms with van der Waals surface area (Å²) in [6.45, 7) is 1.84. The number of aryl methyl sites for hydroxylation is 1. The van der Waals surface area contributed by atoms with Crippen molar-refractivity contribution in [2.75, 3.05) is 13.1 Å². The molecule has 6 nitrogen and oxygen atoms in total. The molecule has 2 aliphatic rings. The maximum absolute atomic E-state index is 12.8. The molecule has 1 atom stereocenters. The van der Waals surface area contributed by atoms with E-state index in [-0.39, 0.29) is 11.8 Å². The number of fused-ring (bicyclic) bond motifs is 1. The SMILES string of the molecule is O=C(c1cnn2c1CCC2)N1CCCC(c2cc(C(F)(F)F)n[nH]2)C1. The van der Waals surface area contributed by atoms with Gasteiger partial charge in [0.1, 0.15) is 0 Å². The number of piperidine rings is 1. The minimum Gasteiger partial charge on any atom is -0.338 e. The molecule has 1 saturated heterocycles. The molecule has 2 aromatic rings. The summed E-state index contributed by atoms with van der Waals surface area (Å²) in [6.07, 6.45) is 0.458. The van der Waals surface area contributed by atoms with E-state index in [1.807, 2.05) is 4.68 Å². The standard InChI is InChI=1S/C16H18F3N5O/c17-16(18,19)14-7-12(21-22-14)10-3-1-5-23(9-10)15(25)11-8-20-24-6-2-4-13(11)24/h7-8,10H,1-6,9H2,(H,21,22). The Balaban J connectivity index is 1.51. The number of nitrogens with zero attached hydrogens (tertiary/aromatic N) is 4. The van der Waals surface area contributed by atoms with Gasteiger partial charge in [0.2, 0.25) is 0 Å². The van der Waals surface area contributed by atoms with Crippen molar-refractivity contribution in [3.8, 4) is 0 Å². The number of H-pyrrole nitrogens is 1. The lowest BCUT2D eigenvalue weighted by molar-refractivity contribution is -0.141. The summed E-state index contributed by atoms with van der Waals surface area (Å²) in [5.74, 6) is -0.242. The molecule has 1 N–H and O–H groups in total. The van der Waals surface area contributed by atoms with Crippen LogP contribution in [0.15, 0.2) is 12.3 Å². The van der Waals surface area contributed by atoms with Gasteiger partial charge in [-0.3, -0.25) is 14.6 Å². The summed E-state index contributed by atoms with van der Waals surface area (Å²) in [6, 6.07) is 1.05. The quantitative estimate of drug-likeness (QED) is 0.902. The summed E-state index contributed by atoms with van der Waals surface area (Å²) in [4.78, 5) is 14.5. The molecule has 134 valence electrons. The fourth-order valence-corrected chi connectivity index (χ4v) is 3.72. The average Bonchev–Trinajstić information content (AvgIpc) is 3.29. The highest BCUT2D eigenvalue weighted by Crippen LogP contribution is 2.32. The van der Waals surface area contributed by atoms with Crippen molar-refractivity contribution in [1.29, 1.82) is 0 Å². The zero-order valence-electron chi connectivity index (χ0n) is 13.5. The molecule has 0 spiro atoms. The predicted molar refractivity (Wildman–Crippen MR) is 82.0 cm³/mol. The van der Waals surface area contributed by atoms with Gasteiger partial charge in [0, 0.05) is 31.2 Å². The van der Waals surface area contributed by atoms with Crippen LogP contribution in [0.25, 0.3) is 0 Å². The lowest BCUT2D eigenvalue weighted by Gasteiger charge is -2.32.